The molecule has 0 spiro atoms. The predicted molar refractivity (Wildman–Crippen MR) is 118 cm³/mol. The molecule has 1 N–H and O–H groups in total. The lowest BCUT2D eigenvalue weighted by atomic mass is 9.36. The van der Waals surface area contributed by atoms with Crippen molar-refractivity contribution in [2.45, 2.75) is 91.9 Å². The molecule has 0 radical (unpaired) electrons. The molecule has 10 unspecified atom stereocenters. The highest BCUT2D eigenvalue weighted by atomic mass is 16.3. The van der Waals surface area contributed by atoms with Crippen LogP contribution >= 0.6 is 0 Å². The van der Waals surface area contributed by atoms with E-state index in [0.29, 0.717) is 47.6 Å². The fraction of sp³-hybridized carbons (Fsp3) is 0.926. The van der Waals surface area contributed by atoms with Crippen molar-refractivity contribution in [3.8, 4) is 0 Å². The SMILES string of the molecule is CC1CCC2(CO)CCC3C(C(=O)CC4C5(C)CCC(=O)C(C)C5CCC34C)C2C1. The van der Waals surface area contributed by atoms with Gasteiger partial charge in [0.2, 0.25) is 0 Å². The van der Waals surface area contributed by atoms with E-state index in [0.717, 1.165) is 44.9 Å². The Hall–Kier alpha value is -0.700. The number of carbonyl (C=O) groups is 2. The van der Waals surface area contributed by atoms with E-state index in [2.05, 4.69) is 27.7 Å². The fourth-order valence-corrected chi connectivity index (χ4v) is 9.98. The highest BCUT2D eigenvalue weighted by Gasteiger charge is 2.66. The van der Waals surface area contributed by atoms with Crippen LogP contribution < -0.4 is 0 Å². The van der Waals surface area contributed by atoms with E-state index < -0.39 is 0 Å². The van der Waals surface area contributed by atoms with Crippen LogP contribution in [0.5, 0.6) is 0 Å². The van der Waals surface area contributed by atoms with Crippen molar-refractivity contribution in [1.82, 2.24) is 0 Å². The van der Waals surface area contributed by atoms with Gasteiger partial charge in [0, 0.05) is 31.3 Å². The van der Waals surface area contributed by atoms with Crippen LogP contribution in [0, 0.1) is 57.7 Å². The summed E-state index contributed by atoms with van der Waals surface area (Å²) in [4.78, 5) is 26.3. The molecule has 5 aliphatic rings. The van der Waals surface area contributed by atoms with Crippen LogP contribution in [0.4, 0.5) is 0 Å². The molecule has 5 rings (SSSR count). The summed E-state index contributed by atoms with van der Waals surface area (Å²) in [5, 5.41) is 10.4. The molecule has 0 aromatic carbocycles. The molecular weight excluding hydrogens is 372 g/mol. The zero-order chi connectivity index (χ0) is 21.5. The molecule has 0 aromatic rings. The van der Waals surface area contributed by atoms with Gasteiger partial charge >= 0.3 is 0 Å². The minimum atomic E-state index is -0.000586. The number of aliphatic hydroxyl groups is 1. The fourth-order valence-electron chi connectivity index (χ4n) is 9.98. The summed E-state index contributed by atoms with van der Waals surface area (Å²) in [7, 11) is 0. The van der Waals surface area contributed by atoms with Crippen molar-refractivity contribution >= 4 is 11.6 Å². The maximum atomic E-state index is 13.9. The van der Waals surface area contributed by atoms with Crippen molar-refractivity contribution in [3.05, 3.63) is 0 Å². The van der Waals surface area contributed by atoms with Gasteiger partial charge in [0.15, 0.2) is 0 Å². The number of fused-ring (bicyclic) bond motifs is 7. The summed E-state index contributed by atoms with van der Waals surface area (Å²) in [6.45, 7) is 9.71. The van der Waals surface area contributed by atoms with Gasteiger partial charge in [-0.3, -0.25) is 9.59 Å². The topological polar surface area (TPSA) is 54.4 Å². The average Bonchev–Trinajstić information content (AvgIpc) is 2.72. The summed E-state index contributed by atoms with van der Waals surface area (Å²) in [6.07, 6.45) is 10.4. The number of hydrogen-bond donors (Lipinski definition) is 1. The van der Waals surface area contributed by atoms with Crippen LogP contribution in [-0.2, 0) is 9.59 Å². The third kappa shape index (κ3) is 2.66. The van der Waals surface area contributed by atoms with Gasteiger partial charge in [-0.05, 0) is 90.8 Å². The number of Topliss-reactive ketones (excluding diaryl/α,β-unsaturated/α-hetero) is 2. The third-order valence-corrected chi connectivity index (χ3v) is 11.8. The Morgan fingerprint density at radius 3 is 2.27 bits per heavy atom. The molecule has 0 saturated heterocycles. The molecule has 30 heavy (non-hydrogen) atoms. The number of aliphatic hydroxyl groups excluding tert-OH is 1. The molecule has 0 aliphatic heterocycles. The Morgan fingerprint density at radius 1 is 0.867 bits per heavy atom. The molecule has 0 bridgehead atoms. The monoisotopic (exact) mass is 414 g/mol. The molecule has 0 aromatic heterocycles. The summed E-state index contributed by atoms with van der Waals surface area (Å²) in [5.74, 6) is 3.69. The molecule has 0 amide bonds. The summed E-state index contributed by atoms with van der Waals surface area (Å²) in [5.41, 5.74) is 0.345. The zero-order valence-corrected chi connectivity index (χ0v) is 19.6. The largest absolute Gasteiger partial charge is 0.396 e. The molecular formula is C27H42O3. The lowest BCUT2D eigenvalue weighted by Crippen LogP contribution is -2.64. The standard InChI is InChI=1S/C27H42O3/c1-16-5-11-27(15-28)12-7-19-24(20(27)13-16)22(30)14-23-25(3)10-8-21(29)17(2)18(25)6-9-26(19,23)4/h16-20,23-24,28H,5-15H2,1-4H3. The summed E-state index contributed by atoms with van der Waals surface area (Å²) in [6, 6.07) is 0. The third-order valence-electron chi connectivity index (χ3n) is 11.8. The van der Waals surface area contributed by atoms with Crippen molar-refractivity contribution < 1.29 is 14.7 Å². The van der Waals surface area contributed by atoms with Gasteiger partial charge < -0.3 is 5.11 Å². The smallest absolute Gasteiger partial charge is 0.136 e. The number of ketones is 2. The maximum absolute atomic E-state index is 13.9. The first-order valence-corrected chi connectivity index (χ1v) is 12.8. The van der Waals surface area contributed by atoms with Gasteiger partial charge in [-0.1, -0.05) is 34.1 Å². The average molecular weight is 415 g/mol. The molecule has 5 fully saturated rings. The highest BCUT2D eigenvalue weighted by Crippen LogP contribution is 2.70. The van der Waals surface area contributed by atoms with Crippen molar-refractivity contribution in [2.75, 3.05) is 6.61 Å². The van der Waals surface area contributed by atoms with Crippen molar-refractivity contribution in [1.29, 1.82) is 0 Å². The molecule has 3 heteroatoms. The lowest BCUT2D eigenvalue weighted by Gasteiger charge is -2.67. The second-order valence-corrected chi connectivity index (χ2v) is 12.8. The van der Waals surface area contributed by atoms with E-state index in [1.54, 1.807) is 0 Å². The van der Waals surface area contributed by atoms with Gasteiger partial charge in [0.1, 0.15) is 11.6 Å². The Kier molecular flexibility index (Phi) is 4.87. The first-order valence-electron chi connectivity index (χ1n) is 12.8. The second-order valence-electron chi connectivity index (χ2n) is 12.8. The Labute approximate surface area is 182 Å². The Balaban J connectivity index is 1.52. The van der Waals surface area contributed by atoms with Gasteiger partial charge in [-0.25, -0.2) is 0 Å². The molecule has 10 atom stereocenters. The van der Waals surface area contributed by atoms with Gasteiger partial charge in [-0.2, -0.15) is 0 Å². The van der Waals surface area contributed by atoms with E-state index >= 15 is 0 Å². The van der Waals surface area contributed by atoms with Crippen LogP contribution in [0.1, 0.15) is 91.9 Å². The summed E-state index contributed by atoms with van der Waals surface area (Å²) < 4.78 is 0. The minimum absolute atomic E-state index is 0.000586. The highest BCUT2D eigenvalue weighted by molar-refractivity contribution is 5.84. The van der Waals surface area contributed by atoms with E-state index in [-0.39, 0.29) is 34.7 Å². The van der Waals surface area contributed by atoms with Crippen LogP contribution in [0.2, 0.25) is 0 Å². The number of rotatable bonds is 1. The van der Waals surface area contributed by atoms with Gasteiger partial charge in [-0.15, -0.1) is 0 Å². The summed E-state index contributed by atoms with van der Waals surface area (Å²) >= 11 is 0. The maximum Gasteiger partial charge on any atom is 0.136 e. The van der Waals surface area contributed by atoms with Gasteiger partial charge in [0.05, 0.1) is 0 Å². The van der Waals surface area contributed by atoms with Crippen molar-refractivity contribution in [3.63, 3.8) is 0 Å². The van der Waals surface area contributed by atoms with E-state index in [9.17, 15) is 14.7 Å². The molecule has 168 valence electrons. The molecule has 5 saturated carbocycles. The van der Waals surface area contributed by atoms with Crippen molar-refractivity contribution in [2.24, 2.45) is 57.7 Å². The number of hydrogen-bond acceptors (Lipinski definition) is 3. The quantitative estimate of drug-likeness (QED) is 0.622. The normalized spacial score (nSPS) is 55.8. The van der Waals surface area contributed by atoms with Gasteiger partial charge in [0.25, 0.3) is 0 Å². The van der Waals surface area contributed by atoms with Crippen LogP contribution in [0.15, 0.2) is 0 Å². The molecule has 5 aliphatic carbocycles. The Bertz CT molecular complexity index is 744. The van der Waals surface area contributed by atoms with E-state index in [1.165, 1.54) is 12.8 Å². The van der Waals surface area contributed by atoms with Crippen LogP contribution in [-0.4, -0.2) is 23.3 Å². The van der Waals surface area contributed by atoms with Crippen LogP contribution in [0.25, 0.3) is 0 Å². The van der Waals surface area contributed by atoms with E-state index in [1.807, 2.05) is 0 Å². The second kappa shape index (κ2) is 6.90. The minimum Gasteiger partial charge on any atom is -0.396 e. The predicted octanol–water partition coefficient (Wildman–Crippen LogP) is 5.44. The first kappa shape index (κ1) is 21.2. The Morgan fingerprint density at radius 2 is 1.53 bits per heavy atom. The van der Waals surface area contributed by atoms with E-state index in [4.69, 9.17) is 0 Å². The first-order chi connectivity index (χ1) is 14.2. The lowest BCUT2D eigenvalue weighted by molar-refractivity contribution is -0.198. The molecule has 3 nitrogen and oxygen atoms in total. The number of carbonyl (C=O) groups excluding carboxylic acids is 2. The zero-order valence-electron chi connectivity index (χ0n) is 19.6. The molecule has 0 heterocycles. The van der Waals surface area contributed by atoms with Crippen LogP contribution in [0.3, 0.4) is 0 Å².